The van der Waals surface area contributed by atoms with Crippen molar-refractivity contribution in [2.75, 3.05) is 31.7 Å². The molecule has 1 fully saturated rings. The smallest absolute Gasteiger partial charge is 0.126 e. The molecule has 1 aliphatic heterocycles. The monoisotopic (exact) mass is 281 g/mol. The second-order valence-electron chi connectivity index (χ2n) is 5.23. The summed E-state index contributed by atoms with van der Waals surface area (Å²) < 4.78 is 11.0. The SMILES string of the molecule is COc1cccc(N2CC(C)OC(CO)C2)c1[C@@H](C)O. The van der Waals surface area contributed by atoms with Crippen molar-refractivity contribution in [2.24, 2.45) is 0 Å². The molecular formula is C15H23NO4. The lowest BCUT2D eigenvalue weighted by molar-refractivity contribution is -0.0422. The van der Waals surface area contributed by atoms with Crippen LogP contribution in [0.3, 0.4) is 0 Å². The highest BCUT2D eigenvalue weighted by molar-refractivity contribution is 5.60. The quantitative estimate of drug-likeness (QED) is 0.872. The van der Waals surface area contributed by atoms with Gasteiger partial charge in [0.25, 0.3) is 0 Å². The summed E-state index contributed by atoms with van der Waals surface area (Å²) in [7, 11) is 1.60. The first-order valence-electron chi connectivity index (χ1n) is 6.93. The molecular weight excluding hydrogens is 258 g/mol. The van der Waals surface area contributed by atoms with Crippen LogP contribution < -0.4 is 9.64 Å². The van der Waals surface area contributed by atoms with Crippen LogP contribution >= 0.6 is 0 Å². The molecule has 2 unspecified atom stereocenters. The van der Waals surface area contributed by atoms with Gasteiger partial charge in [0.2, 0.25) is 0 Å². The molecule has 2 rings (SSSR count). The lowest BCUT2D eigenvalue weighted by Gasteiger charge is -2.39. The predicted molar refractivity (Wildman–Crippen MR) is 77.3 cm³/mol. The fraction of sp³-hybridized carbons (Fsp3) is 0.600. The van der Waals surface area contributed by atoms with E-state index in [1.54, 1.807) is 14.0 Å². The molecule has 1 aliphatic rings. The van der Waals surface area contributed by atoms with Gasteiger partial charge < -0.3 is 24.6 Å². The Morgan fingerprint density at radius 1 is 1.45 bits per heavy atom. The number of aliphatic hydroxyl groups is 2. The van der Waals surface area contributed by atoms with Crippen molar-refractivity contribution in [3.05, 3.63) is 23.8 Å². The maximum absolute atomic E-state index is 10.0. The van der Waals surface area contributed by atoms with Gasteiger partial charge >= 0.3 is 0 Å². The molecule has 5 heteroatoms. The molecule has 0 radical (unpaired) electrons. The van der Waals surface area contributed by atoms with Gasteiger partial charge in [0.1, 0.15) is 5.75 Å². The van der Waals surface area contributed by atoms with E-state index in [1.165, 1.54) is 0 Å². The molecule has 0 amide bonds. The van der Waals surface area contributed by atoms with Crippen LogP contribution in [-0.2, 0) is 4.74 Å². The summed E-state index contributed by atoms with van der Waals surface area (Å²) in [5.41, 5.74) is 1.72. The highest BCUT2D eigenvalue weighted by Gasteiger charge is 2.28. The van der Waals surface area contributed by atoms with Crippen molar-refractivity contribution in [3.63, 3.8) is 0 Å². The Morgan fingerprint density at radius 2 is 2.20 bits per heavy atom. The molecule has 1 heterocycles. The first-order valence-corrected chi connectivity index (χ1v) is 6.93. The maximum atomic E-state index is 10.0. The lowest BCUT2D eigenvalue weighted by Crippen LogP contribution is -2.48. The largest absolute Gasteiger partial charge is 0.496 e. The first kappa shape index (κ1) is 15.1. The fourth-order valence-electron chi connectivity index (χ4n) is 2.75. The second kappa shape index (κ2) is 6.43. The van der Waals surface area contributed by atoms with Crippen LogP contribution in [0.25, 0.3) is 0 Å². The second-order valence-corrected chi connectivity index (χ2v) is 5.23. The third-order valence-corrected chi connectivity index (χ3v) is 3.55. The number of methoxy groups -OCH3 is 1. The number of aliphatic hydroxyl groups excluding tert-OH is 2. The van der Waals surface area contributed by atoms with Crippen molar-refractivity contribution in [2.45, 2.75) is 32.2 Å². The molecule has 0 saturated carbocycles. The highest BCUT2D eigenvalue weighted by atomic mass is 16.5. The van der Waals surface area contributed by atoms with Crippen LogP contribution in [0, 0.1) is 0 Å². The number of hydrogen-bond donors (Lipinski definition) is 2. The number of ether oxygens (including phenoxy) is 2. The molecule has 1 aromatic rings. The lowest BCUT2D eigenvalue weighted by atomic mass is 10.0. The third kappa shape index (κ3) is 3.06. The Balaban J connectivity index is 2.36. The fourth-order valence-corrected chi connectivity index (χ4v) is 2.75. The summed E-state index contributed by atoms with van der Waals surface area (Å²) in [6, 6.07) is 5.73. The van der Waals surface area contributed by atoms with Gasteiger partial charge in [-0.05, 0) is 26.0 Å². The minimum Gasteiger partial charge on any atom is -0.496 e. The Hall–Kier alpha value is -1.30. The van der Waals surface area contributed by atoms with Gasteiger partial charge in [0, 0.05) is 24.3 Å². The van der Waals surface area contributed by atoms with Crippen molar-refractivity contribution in [3.8, 4) is 5.75 Å². The van der Waals surface area contributed by atoms with Gasteiger partial charge in [-0.2, -0.15) is 0 Å². The standard InChI is InChI=1S/C15H23NO4/c1-10-7-16(8-12(9-17)20-10)13-5-4-6-14(19-3)15(13)11(2)18/h4-6,10-12,17-18H,7-9H2,1-3H3/t10?,11-,12?/m1/s1. The topological polar surface area (TPSA) is 62.2 Å². The van der Waals surface area contributed by atoms with Crippen LogP contribution in [0.5, 0.6) is 5.75 Å². The van der Waals surface area contributed by atoms with Gasteiger partial charge in [0.05, 0.1) is 32.0 Å². The van der Waals surface area contributed by atoms with Gasteiger partial charge in [-0.15, -0.1) is 0 Å². The molecule has 3 atom stereocenters. The predicted octanol–water partition coefficient (Wildman–Crippen LogP) is 1.33. The van der Waals surface area contributed by atoms with Crippen molar-refractivity contribution in [1.82, 2.24) is 0 Å². The molecule has 1 aromatic carbocycles. The van der Waals surface area contributed by atoms with E-state index in [-0.39, 0.29) is 18.8 Å². The van der Waals surface area contributed by atoms with Crippen LogP contribution in [0.15, 0.2) is 18.2 Å². The highest BCUT2D eigenvalue weighted by Crippen LogP contribution is 2.35. The molecule has 112 valence electrons. The van der Waals surface area contributed by atoms with Crippen LogP contribution in [0.4, 0.5) is 5.69 Å². The normalized spacial score (nSPS) is 24.6. The van der Waals surface area contributed by atoms with E-state index in [2.05, 4.69) is 4.90 Å². The van der Waals surface area contributed by atoms with E-state index in [9.17, 15) is 10.2 Å². The minimum atomic E-state index is -0.619. The molecule has 1 saturated heterocycles. The molecule has 20 heavy (non-hydrogen) atoms. The van der Waals surface area contributed by atoms with Crippen LogP contribution in [0.2, 0.25) is 0 Å². The van der Waals surface area contributed by atoms with E-state index in [0.29, 0.717) is 12.3 Å². The average Bonchev–Trinajstić information content (AvgIpc) is 2.45. The zero-order chi connectivity index (χ0) is 14.7. The summed E-state index contributed by atoms with van der Waals surface area (Å²) in [6.07, 6.45) is -0.785. The summed E-state index contributed by atoms with van der Waals surface area (Å²) in [4.78, 5) is 2.14. The van der Waals surface area contributed by atoms with Crippen LogP contribution in [0.1, 0.15) is 25.5 Å². The van der Waals surface area contributed by atoms with E-state index >= 15 is 0 Å². The zero-order valence-corrected chi connectivity index (χ0v) is 12.2. The summed E-state index contributed by atoms with van der Waals surface area (Å²) in [5, 5.41) is 19.4. The molecule has 0 aromatic heterocycles. The number of hydrogen-bond acceptors (Lipinski definition) is 5. The summed E-state index contributed by atoms with van der Waals surface area (Å²) in [5.74, 6) is 0.678. The van der Waals surface area contributed by atoms with E-state index in [4.69, 9.17) is 9.47 Å². The van der Waals surface area contributed by atoms with Crippen molar-refractivity contribution >= 4 is 5.69 Å². The third-order valence-electron chi connectivity index (χ3n) is 3.55. The molecule has 0 bridgehead atoms. The van der Waals surface area contributed by atoms with E-state index < -0.39 is 6.10 Å². The number of nitrogens with zero attached hydrogens (tertiary/aromatic N) is 1. The molecule has 2 N–H and O–H groups in total. The number of rotatable bonds is 4. The Kier molecular flexibility index (Phi) is 4.86. The number of benzene rings is 1. The van der Waals surface area contributed by atoms with Gasteiger partial charge in [-0.25, -0.2) is 0 Å². The van der Waals surface area contributed by atoms with Gasteiger partial charge in [-0.3, -0.25) is 0 Å². The molecule has 5 nitrogen and oxygen atoms in total. The maximum Gasteiger partial charge on any atom is 0.126 e. The average molecular weight is 281 g/mol. The van der Waals surface area contributed by atoms with Crippen molar-refractivity contribution < 1.29 is 19.7 Å². The van der Waals surface area contributed by atoms with E-state index in [1.807, 2.05) is 25.1 Å². The summed E-state index contributed by atoms with van der Waals surface area (Å²) >= 11 is 0. The Bertz CT molecular complexity index is 449. The molecule has 0 spiro atoms. The zero-order valence-electron chi connectivity index (χ0n) is 12.2. The molecule has 0 aliphatic carbocycles. The number of morpholine rings is 1. The Labute approximate surface area is 119 Å². The van der Waals surface area contributed by atoms with Gasteiger partial charge in [-0.1, -0.05) is 6.07 Å². The number of anilines is 1. The van der Waals surface area contributed by atoms with E-state index in [0.717, 1.165) is 17.8 Å². The summed E-state index contributed by atoms with van der Waals surface area (Å²) in [6.45, 7) is 5.04. The first-order chi connectivity index (χ1) is 9.56. The van der Waals surface area contributed by atoms with Crippen molar-refractivity contribution in [1.29, 1.82) is 0 Å². The minimum absolute atomic E-state index is 0.00514. The Morgan fingerprint density at radius 3 is 2.80 bits per heavy atom. The van der Waals surface area contributed by atoms with Gasteiger partial charge in [0.15, 0.2) is 0 Å². The van der Waals surface area contributed by atoms with Crippen LogP contribution in [-0.4, -0.2) is 49.2 Å².